The molecule has 6 nitrogen and oxygen atoms in total. The molecule has 29 heavy (non-hydrogen) atoms. The highest BCUT2D eigenvalue weighted by molar-refractivity contribution is 9.10. The highest BCUT2D eigenvalue weighted by Gasteiger charge is 2.67. The Kier molecular flexibility index (Phi) is 4.53. The van der Waals surface area contributed by atoms with E-state index in [0.717, 1.165) is 21.5 Å². The van der Waals surface area contributed by atoms with E-state index in [4.69, 9.17) is 9.47 Å². The molecule has 0 aromatic heterocycles. The van der Waals surface area contributed by atoms with Crippen LogP contribution in [0.2, 0.25) is 0 Å². The number of allylic oxidation sites excluding steroid dienone is 2. The van der Waals surface area contributed by atoms with E-state index < -0.39 is 0 Å². The third-order valence-electron chi connectivity index (χ3n) is 6.58. The first-order valence-electron chi connectivity index (χ1n) is 10.2. The van der Waals surface area contributed by atoms with Crippen molar-refractivity contribution < 1.29 is 19.1 Å². The zero-order chi connectivity index (χ0) is 20.3. The van der Waals surface area contributed by atoms with Crippen molar-refractivity contribution in [2.75, 3.05) is 13.2 Å². The monoisotopic (exact) mass is 458 g/mol. The minimum absolute atomic E-state index is 0.156. The van der Waals surface area contributed by atoms with Crippen molar-refractivity contribution in [3.8, 4) is 11.5 Å². The SMILES string of the molecule is CCOc1cc(/C=N\N2C(=O)[C@@H]3[C@H]4C=C[C@@H]([C@@H]5C[C@H]45)[C@@H]3C2=O)cc(Br)c1OCC. The molecule has 0 N–H and O–H groups in total. The number of halogens is 1. The van der Waals surface area contributed by atoms with Crippen molar-refractivity contribution in [1.82, 2.24) is 5.01 Å². The maximum atomic E-state index is 13.0. The van der Waals surface area contributed by atoms with E-state index in [2.05, 4.69) is 33.2 Å². The zero-order valence-electron chi connectivity index (χ0n) is 16.4. The summed E-state index contributed by atoms with van der Waals surface area (Å²) in [5.41, 5.74) is 0.725. The Morgan fingerprint density at radius 3 is 2.28 bits per heavy atom. The van der Waals surface area contributed by atoms with Crippen LogP contribution in [-0.4, -0.2) is 36.3 Å². The zero-order valence-corrected chi connectivity index (χ0v) is 18.0. The molecule has 6 atom stereocenters. The average Bonchev–Trinajstić information content (AvgIpc) is 3.48. The fraction of sp³-hybridized carbons (Fsp3) is 0.500. The lowest BCUT2D eigenvalue weighted by atomic mass is 9.63. The molecule has 1 heterocycles. The third-order valence-corrected chi connectivity index (χ3v) is 7.17. The van der Waals surface area contributed by atoms with Gasteiger partial charge >= 0.3 is 0 Å². The molecule has 1 aliphatic heterocycles. The number of carbonyl (C=O) groups excluding carboxylic acids is 2. The summed E-state index contributed by atoms with van der Waals surface area (Å²) < 4.78 is 12.1. The van der Waals surface area contributed by atoms with Crippen molar-refractivity contribution in [3.63, 3.8) is 0 Å². The summed E-state index contributed by atoms with van der Waals surface area (Å²) in [6.07, 6.45) is 7.03. The summed E-state index contributed by atoms with van der Waals surface area (Å²) >= 11 is 3.51. The first-order valence-corrected chi connectivity index (χ1v) is 11.0. The molecule has 152 valence electrons. The third kappa shape index (κ3) is 2.85. The number of carbonyl (C=O) groups is 2. The Balaban J connectivity index is 1.41. The van der Waals surface area contributed by atoms with Gasteiger partial charge in [-0.2, -0.15) is 10.1 Å². The molecule has 1 saturated heterocycles. The van der Waals surface area contributed by atoms with Gasteiger partial charge in [0, 0.05) is 0 Å². The van der Waals surface area contributed by atoms with E-state index in [1.54, 1.807) is 12.3 Å². The fourth-order valence-corrected chi connectivity index (χ4v) is 5.96. The summed E-state index contributed by atoms with van der Waals surface area (Å²) in [4.78, 5) is 26.0. The van der Waals surface area contributed by atoms with Crippen molar-refractivity contribution in [3.05, 3.63) is 34.3 Å². The predicted molar refractivity (Wildman–Crippen MR) is 111 cm³/mol. The average molecular weight is 459 g/mol. The lowest BCUT2D eigenvalue weighted by Gasteiger charge is -2.37. The second-order valence-corrected chi connectivity index (χ2v) is 8.94. The van der Waals surface area contributed by atoms with Crippen LogP contribution in [0.25, 0.3) is 0 Å². The number of amides is 2. The van der Waals surface area contributed by atoms with Gasteiger partial charge in [0.05, 0.1) is 35.7 Å². The van der Waals surface area contributed by atoms with Crippen LogP contribution >= 0.6 is 15.9 Å². The van der Waals surface area contributed by atoms with E-state index in [-0.39, 0.29) is 35.5 Å². The summed E-state index contributed by atoms with van der Waals surface area (Å²) in [5, 5.41) is 5.39. The van der Waals surface area contributed by atoms with Crippen LogP contribution in [0.5, 0.6) is 11.5 Å². The molecule has 0 unspecified atom stereocenters. The van der Waals surface area contributed by atoms with E-state index in [1.165, 1.54) is 0 Å². The Labute approximate surface area is 178 Å². The Morgan fingerprint density at radius 1 is 1.07 bits per heavy atom. The molecule has 2 amide bonds. The number of nitrogens with zero attached hydrogens (tertiary/aromatic N) is 2. The summed E-state index contributed by atoms with van der Waals surface area (Å²) in [5.74, 6) is 2.03. The van der Waals surface area contributed by atoms with Gasteiger partial charge < -0.3 is 9.47 Å². The van der Waals surface area contributed by atoms with Crippen molar-refractivity contribution in [1.29, 1.82) is 0 Å². The minimum atomic E-state index is -0.232. The second-order valence-electron chi connectivity index (χ2n) is 8.08. The number of hydrogen-bond acceptors (Lipinski definition) is 5. The minimum Gasteiger partial charge on any atom is -0.490 e. The van der Waals surface area contributed by atoms with Crippen LogP contribution in [0.3, 0.4) is 0 Å². The summed E-state index contributed by atoms with van der Waals surface area (Å²) in [7, 11) is 0. The molecule has 4 aliphatic carbocycles. The smallest absolute Gasteiger partial charge is 0.254 e. The van der Waals surface area contributed by atoms with Crippen LogP contribution in [-0.2, 0) is 9.59 Å². The molecule has 5 aliphatic rings. The molecule has 0 radical (unpaired) electrons. The Morgan fingerprint density at radius 2 is 1.69 bits per heavy atom. The molecule has 2 bridgehead atoms. The number of hydrazone groups is 1. The van der Waals surface area contributed by atoms with E-state index in [1.807, 2.05) is 19.9 Å². The van der Waals surface area contributed by atoms with Crippen LogP contribution in [0.15, 0.2) is 33.9 Å². The van der Waals surface area contributed by atoms with Crippen molar-refractivity contribution in [2.45, 2.75) is 20.3 Å². The summed E-state index contributed by atoms with van der Waals surface area (Å²) in [6, 6.07) is 3.65. The van der Waals surface area contributed by atoms with Crippen LogP contribution in [0.1, 0.15) is 25.8 Å². The quantitative estimate of drug-likeness (QED) is 0.370. The topological polar surface area (TPSA) is 68.2 Å². The van der Waals surface area contributed by atoms with Crippen LogP contribution in [0.4, 0.5) is 0 Å². The van der Waals surface area contributed by atoms with E-state index >= 15 is 0 Å². The van der Waals surface area contributed by atoms with Gasteiger partial charge in [0.15, 0.2) is 11.5 Å². The Hall–Kier alpha value is -2.15. The van der Waals surface area contributed by atoms with Gasteiger partial charge in [-0.3, -0.25) is 9.59 Å². The van der Waals surface area contributed by atoms with Crippen molar-refractivity contribution in [2.24, 2.45) is 40.6 Å². The van der Waals surface area contributed by atoms with Gasteiger partial charge in [-0.05, 0) is 77.6 Å². The van der Waals surface area contributed by atoms with Gasteiger partial charge in [0.2, 0.25) is 0 Å². The molecular formula is C22H23BrN2O4. The second kappa shape index (κ2) is 6.97. The van der Waals surface area contributed by atoms with Gasteiger partial charge in [-0.25, -0.2) is 0 Å². The lowest BCUT2D eigenvalue weighted by Crippen LogP contribution is -2.40. The van der Waals surface area contributed by atoms with Crippen molar-refractivity contribution >= 4 is 34.0 Å². The number of hydrogen-bond donors (Lipinski definition) is 0. The largest absolute Gasteiger partial charge is 0.490 e. The highest BCUT2D eigenvalue weighted by Crippen LogP contribution is 2.65. The van der Waals surface area contributed by atoms with E-state index in [9.17, 15) is 9.59 Å². The molecule has 2 saturated carbocycles. The molecule has 7 heteroatoms. The van der Waals surface area contributed by atoms with Gasteiger partial charge in [-0.15, -0.1) is 0 Å². The molecule has 1 aromatic carbocycles. The van der Waals surface area contributed by atoms with Gasteiger partial charge in [0.1, 0.15) is 0 Å². The predicted octanol–water partition coefficient (Wildman–Crippen LogP) is 3.63. The molecule has 0 spiro atoms. The highest BCUT2D eigenvalue weighted by atomic mass is 79.9. The van der Waals surface area contributed by atoms with Gasteiger partial charge in [0.25, 0.3) is 11.8 Å². The standard InChI is InChI=1S/C22H23BrN2O4/c1-3-28-17-8-11(7-16(23)20(17)29-4-2)10-24-25-21(26)18-12-5-6-13(15-9-14(12)15)19(18)22(25)27/h5-8,10,12-15,18-19H,3-4,9H2,1-2H3/b24-10-/t12-,13-,14-,15+,18-,19+/m0/s1. The summed E-state index contributed by atoms with van der Waals surface area (Å²) in [6.45, 7) is 4.83. The maximum Gasteiger partial charge on any atom is 0.254 e. The first kappa shape index (κ1) is 18.9. The molecule has 6 rings (SSSR count). The molecule has 1 aromatic rings. The molecule has 3 fully saturated rings. The van der Waals surface area contributed by atoms with Crippen LogP contribution in [0, 0.1) is 35.5 Å². The molecular weight excluding hydrogens is 436 g/mol. The maximum absolute atomic E-state index is 13.0. The number of imide groups is 1. The van der Waals surface area contributed by atoms with Crippen LogP contribution < -0.4 is 9.47 Å². The Bertz CT molecular complexity index is 907. The fourth-order valence-electron chi connectivity index (χ4n) is 5.39. The number of ether oxygens (including phenoxy) is 2. The van der Waals surface area contributed by atoms with E-state index in [0.29, 0.717) is 36.5 Å². The lowest BCUT2D eigenvalue weighted by molar-refractivity contribution is -0.140. The normalized spacial score (nSPS) is 34.0. The number of rotatable bonds is 6. The number of benzene rings is 1. The first-order chi connectivity index (χ1) is 14.0. The van der Waals surface area contributed by atoms with Gasteiger partial charge in [-0.1, -0.05) is 12.2 Å².